The summed E-state index contributed by atoms with van der Waals surface area (Å²) in [5, 5.41) is 0. The molecule has 0 unspecified atom stereocenters. The van der Waals surface area contributed by atoms with Gasteiger partial charge in [0.25, 0.3) is 0 Å². The van der Waals surface area contributed by atoms with Gasteiger partial charge in [0.15, 0.2) is 0 Å². The van der Waals surface area contributed by atoms with Crippen LogP contribution in [0.25, 0.3) is 0 Å². The smallest absolute Gasteiger partial charge is 0.0575 e. The molecular weight excluding hydrogens is 304 g/mol. The molecule has 0 amide bonds. The van der Waals surface area contributed by atoms with Gasteiger partial charge in [-0.15, -0.1) is 0 Å². The van der Waals surface area contributed by atoms with Crippen LogP contribution in [-0.4, -0.2) is 12.7 Å². The molecule has 0 saturated heterocycles. The zero-order valence-corrected chi connectivity index (χ0v) is 17.4. The van der Waals surface area contributed by atoms with Gasteiger partial charge in [-0.05, 0) is 62.7 Å². The molecule has 1 nitrogen and oxygen atoms in total. The molecule has 0 atom stereocenters. The first-order valence-corrected chi connectivity index (χ1v) is 11.9. The SMILES string of the molecule is CCCCCCCCOC1CCC(C2CCC(CCCC)CC2)CC1. The van der Waals surface area contributed by atoms with E-state index in [2.05, 4.69) is 13.8 Å². The van der Waals surface area contributed by atoms with Gasteiger partial charge in [-0.2, -0.15) is 0 Å². The van der Waals surface area contributed by atoms with Gasteiger partial charge in [0.05, 0.1) is 6.10 Å². The van der Waals surface area contributed by atoms with Crippen molar-refractivity contribution in [2.24, 2.45) is 17.8 Å². The van der Waals surface area contributed by atoms with Crippen LogP contribution >= 0.6 is 0 Å². The third kappa shape index (κ3) is 8.46. The number of unbranched alkanes of at least 4 members (excludes halogenated alkanes) is 6. The van der Waals surface area contributed by atoms with Crippen molar-refractivity contribution in [1.82, 2.24) is 0 Å². The molecule has 0 spiro atoms. The van der Waals surface area contributed by atoms with Crippen LogP contribution in [0, 0.1) is 17.8 Å². The zero-order chi connectivity index (χ0) is 17.7. The quantitative estimate of drug-likeness (QED) is 0.325. The Morgan fingerprint density at radius 2 is 1.16 bits per heavy atom. The molecule has 25 heavy (non-hydrogen) atoms. The lowest BCUT2D eigenvalue weighted by molar-refractivity contribution is 0.00527. The van der Waals surface area contributed by atoms with Gasteiger partial charge in [0.2, 0.25) is 0 Å². The Labute approximate surface area is 158 Å². The van der Waals surface area contributed by atoms with E-state index in [-0.39, 0.29) is 0 Å². The van der Waals surface area contributed by atoms with Crippen molar-refractivity contribution in [2.75, 3.05) is 6.61 Å². The molecule has 0 N–H and O–H groups in total. The van der Waals surface area contributed by atoms with Crippen LogP contribution in [0.15, 0.2) is 0 Å². The first-order valence-electron chi connectivity index (χ1n) is 11.9. The van der Waals surface area contributed by atoms with Crippen LogP contribution in [0.5, 0.6) is 0 Å². The van der Waals surface area contributed by atoms with Crippen molar-refractivity contribution in [2.45, 2.75) is 129 Å². The fourth-order valence-corrected chi connectivity index (χ4v) is 5.30. The second-order valence-electron chi connectivity index (χ2n) is 9.10. The van der Waals surface area contributed by atoms with Crippen LogP contribution < -0.4 is 0 Å². The van der Waals surface area contributed by atoms with E-state index in [1.807, 2.05) is 0 Å². The molecule has 2 fully saturated rings. The predicted molar refractivity (Wildman–Crippen MR) is 110 cm³/mol. The van der Waals surface area contributed by atoms with Gasteiger partial charge in [0.1, 0.15) is 0 Å². The van der Waals surface area contributed by atoms with Gasteiger partial charge >= 0.3 is 0 Å². The normalized spacial score (nSPS) is 30.5. The third-order valence-corrected chi connectivity index (χ3v) is 7.09. The van der Waals surface area contributed by atoms with Crippen molar-refractivity contribution < 1.29 is 4.74 Å². The van der Waals surface area contributed by atoms with Crippen molar-refractivity contribution in [3.63, 3.8) is 0 Å². The summed E-state index contributed by atoms with van der Waals surface area (Å²) >= 11 is 0. The molecule has 0 heterocycles. The van der Waals surface area contributed by atoms with E-state index in [0.29, 0.717) is 6.10 Å². The van der Waals surface area contributed by atoms with E-state index in [9.17, 15) is 0 Å². The summed E-state index contributed by atoms with van der Waals surface area (Å²) in [7, 11) is 0. The van der Waals surface area contributed by atoms with Crippen LogP contribution in [0.3, 0.4) is 0 Å². The number of hydrogen-bond acceptors (Lipinski definition) is 1. The third-order valence-electron chi connectivity index (χ3n) is 7.09. The summed E-state index contributed by atoms with van der Waals surface area (Å²) in [5.74, 6) is 3.15. The summed E-state index contributed by atoms with van der Waals surface area (Å²) in [5.41, 5.74) is 0. The summed E-state index contributed by atoms with van der Waals surface area (Å²) in [6.45, 7) is 5.64. The highest BCUT2D eigenvalue weighted by Crippen LogP contribution is 2.41. The highest BCUT2D eigenvalue weighted by molar-refractivity contribution is 4.82. The zero-order valence-electron chi connectivity index (χ0n) is 17.4. The van der Waals surface area contributed by atoms with Gasteiger partial charge < -0.3 is 4.74 Å². The van der Waals surface area contributed by atoms with Crippen molar-refractivity contribution in [1.29, 1.82) is 0 Å². The van der Waals surface area contributed by atoms with E-state index in [0.717, 1.165) is 24.4 Å². The lowest BCUT2D eigenvalue weighted by Gasteiger charge is -2.37. The molecule has 1 heteroatoms. The fourth-order valence-electron chi connectivity index (χ4n) is 5.30. The van der Waals surface area contributed by atoms with Gasteiger partial charge in [-0.3, -0.25) is 0 Å². The minimum absolute atomic E-state index is 0.591. The molecule has 2 aliphatic carbocycles. The van der Waals surface area contributed by atoms with Crippen molar-refractivity contribution in [3.8, 4) is 0 Å². The molecule has 148 valence electrons. The molecule has 2 aliphatic rings. The summed E-state index contributed by atoms with van der Waals surface area (Å²) in [4.78, 5) is 0. The Kier molecular flexibility index (Phi) is 11.2. The Bertz CT molecular complexity index is 297. The molecule has 0 bridgehead atoms. The van der Waals surface area contributed by atoms with Gasteiger partial charge in [0, 0.05) is 6.61 Å². The predicted octanol–water partition coefficient (Wildman–Crippen LogP) is 7.92. The average molecular weight is 351 g/mol. The molecule has 0 radical (unpaired) electrons. The van der Waals surface area contributed by atoms with Gasteiger partial charge in [-0.25, -0.2) is 0 Å². The monoisotopic (exact) mass is 350 g/mol. The molecule has 2 saturated carbocycles. The maximum Gasteiger partial charge on any atom is 0.0575 e. The van der Waals surface area contributed by atoms with E-state index in [4.69, 9.17) is 4.74 Å². The Hall–Kier alpha value is -0.0400. The molecule has 2 rings (SSSR count). The fraction of sp³-hybridized carbons (Fsp3) is 1.00. The highest BCUT2D eigenvalue weighted by Gasteiger charge is 2.30. The van der Waals surface area contributed by atoms with Crippen molar-refractivity contribution >= 4 is 0 Å². The summed E-state index contributed by atoms with van der Waals surface area (Å²) < 4.78 is 6.19. The molecule has 0 aromatic carbocycles. The van der Waals surface area contributed by atoms with Crippen LogP contribution in [0.1, 0.15) is 123 Å². The Morgan fingerprint density at radius 3 is 1.80 bits per heavy atom. The molecular formula is C24H46O. The van der Waals surface area contributed by atoms with Gasteiger partial charge in [-0.1, -0.05) is 78.1 Å². The summed E-state index contributed by atoms with van der Waals surface area (Å²) in [6.07, 6.45) is 24.9. The maximum atomic E-state index is 6.19. The van der Waals surface area contributed by atoms with Crippen LogP contribution in [0.2, 0.25) is 0 Å². The second-order valence-corrected chi connectivity index (χ2v) is 9.10. The lowest BCUT2D eigenvalue weighted by Crippen LogP contribution is -2.28. The Balaban J connectivity index is 1.49. The molecule has 0 aliphatic heterocycles. The minimum atomic E-state index is 0.591. The van der Waals surface area contributed by atoms with E-state index in [1.165, 1.54) is 109 Å². The summed E-state index contributed by atoms with van der Waals surface area (Å²) in [6, 6.07) is 0. The Morgan fingerprint density at radius 1 is 0.600 bits per heavy atom. The highest BCUT2D eigenvalue weighted by atomic mass is 16.5. The van der Waals surface area contributed by atoms with E-state index < -0.39 is 0 Å². The first-order chi connectivity index (χ1) is 12.3. The number of ether oxygens (including phenoxy) is 1. The minimum Gasteiger partial charge on any atom is -0.378 e. The van der Waals surface area contributed by atoms with E-state index >= 15 is 0 Å². The molecule has 0 aromatic rings. The standard InChI is InChI=1S/C24H46O/c1-3-5-7-8-9-10-20-25-24-18-16-23(17-19-24)22-14-12-21(13-15-22)11-6-4-2/h21-24H,3-20H2,1-2H3. The lowest BCUT2D eigenvalue weighted by atomic mass is 9.70. The van der Waals surface area contributed by atoms with Crippen LogP contribution in [0.4, 0.5) is 0 Å². The first kappa shape index (κ1) is 21.3. The number of hydrogen-bond donors (Lipinski definition) is 0. The second kappa shape index (κ2) is 13.2. The molecule has 0 aromatic heterocycles. The maximum absolute atomic E-state index is 6.19. The average Bonchev–Trinajstić information content (AvgIpc) is 2.66. The largest absolute Gasteiger partial charge is 0.378 e. The number of rotatable bonds is 12. The van der Waals surface area contributed by atoms with Crippen molar-refractivity contribution in [3.05, 3.63) is 0 Å². The topological polar surface area (TPSA) is 9.23 Å². The van der Waals surface area contributed by atoms with E-state index in [1.54, 1.807) is 0 Å². The van der Waals surface area contributed by atoms with Crippen LogP contribution in [-0.2, 0) is 4.74 Å².